The first-order chi connectivity index (χ1) is 6.79. The number of carbonyl (C=O) groups excluding carboxylic acids is 1. The Morgan fingerprint density at radius 2 is 2.43 bits per heavy atom. The van der Waals surface area contributed by atoms with E-state index >= 15 is 0 Å². The van der Waals surface area contributed by atoms with Crippen LogP contribution in [0.4, 0.5) is 0 Å². The highest BCUT2D eigenvalue weighted by Gasteiger charge is 2.12. The molecule has 0 saturated carbocycles. The lowest BCUT2D eigenvalue weighted by Gasteiger charge is -2.22. The molecule has 82 valence electrons. The first-order valence-corrected chi connectivity index (χ1v) is 5.36. The molecule has 1 fully saturated rings. The Labute approximate surface area is 85.2 Å². The van der Waals surface area contributed by atoms with Crippen molar-refractivity contribution >= 4 is 5.91 Å². The molecule has 0 aromatic heterocycles. The topological polar surface area (TPSA) is 64.4 Å². The third-order valence-electron chi connectivity index (χ3n) is 2.46. The van der Waals surface area contributed by atoms with Crippen LogP contribution in [0.2, 0.25) is 0 Å². The van der Waals surface area contributed by atoms with Crippen LogP contribution in [0.25, 0.3) is 0 Å². The number of ether oxygens (including phenoxy) is 1. The maximum atomic E-state index is 10.4. The maximum absolute atomic E-state index is 10.4. The zero-order valence-corrected chi connectivity index (χ0v) is 8.63. The molecular weight excluding hydrogens is 180 g/mol. The monoisotopic (exact) mass is 200 g/mol. The zero-order chi connectivity index (χ0) is 10.2. The Morgan fingerprint density at radius 1 is 1.57 bits per heavy atom. The summed E-state index contributed by atoms with van der Waals surface area (Å²) in [5, 5.41) is 3.32. The van der Waals surface area contributed by atoms with Crippen LogP contribution in [0, 0.1) is 5.92 Å². The highest BCUT2D eigenvalue weighted by molar-refractivity contribution is 5.73. The number of rotatable bonds is 6. The lowest BCUT2D eigenvalue weighted by atomic mass is 10.0. The van der Waals surface area contributed by atoms with Gasteiger partial charge in [-0.15, -0.1) is 0 Å². The molecule has 4 heteroatoms. The molecule has 1 rings (SSSR count). The summed E-state index contributed by atoms with van der Waals surface area (Å²) in [7, 11) is 0. The second-order valence-corrected chi connectivity index (χ2v) is 3.86. The van der Waals surface area contributed by atoms with Crippen molar-refractivity contribution in [2.45, 2.75) is 25.7 Å². The van der Waals surface area contributed by atoms with Gasteiger partial charge in [0.15, 0.2) is 0 Å². The SMILES string of the molecule is NC(=O)CCCNCC1CCCOC1. The number of hydrogen-bond acceptors (Lipinski definition) is 3. The van der Waals surface area contributed by atoms with Crippen molar-refractivity contribution in [3.8, 4) is 0 Å². The maximum Gasteiger partial charge on any atom is 0.217 e. The minimum Gasteiger partial charge on any atom is -0.381 e. The quantitative estimate of drug-likeness (QED) is 0.605. The average Bonchev–Trinajstić information content (AvgIpc) is 2.18. The van der Waals surface area contributed by atoms with Gasteiger partial charge in [-0.2, -0.15) is 0 Å². The van der Waals surface area contributed by atoms with E-state index in [-0.39, 0.29) is 5.91 Å². The summed E-state index contributed by atoms with van der Waals surface area (Å²) in [4.78, 5) is 10.4. The van der Waals surface area contributed by atoms with Gasteiger partial charge in [0.1, 0.15) is 0 Å². The summed E-state index contributed by atoms with van der Waals surface area (Å²) in [6.07, 6.45) is 3.74. The van der Waals surface area contributed by atoms with Crippen LogP contribution in [0.1, 0.15) is 25.7 Å². The first kappa shape index (κ1) is 11.5. The summed E-state index contributed by atoms with van der Waals surface area (Å²) >= 11 is 0. The second-order valence-electron chi connectivity index (χ2n) is 3.86. The van der Waals surface area contributed by atoms with E-state index in [1.165, 1.54) is 12.8 Å². The van der Waals surface area contributed by atoms with E-state index in [9.17, 15) is 4.79 Å². The largest absolute Gasteiger partial charge is 0.381 e. The Hall–Kier alpha value is -0.610. The Kier molecular flexibility index (Phi) is 5.56. The molecule has 1 atom stereocenters. The molecule has 4 nitrogen and oxygen atoms in total. The van der Waals surface area contributed by atoms with Crippen LogP contribution in [0.5, 0.6) is 0 Å². The van der Waals surface area contributed by atoms with Crippen LogP contribution < -0.4 is 11.1 Å². The Balaban J connectivity index is 1.90. The van der Waals surface area contributed by atoms with E-state index in [4.69, 9.17) is 10.5 Å². The minimum absolute atomic E-state index is 0.215. The molecule has 1 amide bonds. The van der Waals surface area contributed by atoms with Gasteiger partial charge in [0.05, 0.1) is 6.61 Å². The number of amides is 1. The van der Waals surface area contributed by atoms with Crippen LogP contribution >= 0.6 is 0 Å². The Bertz CT molecular complexity index is 168. The van der Waals surface area contributed by atoms with Gasteiger partial charge >= 0.3 is 0 Å². The summed E-state index contributed by atoms with van der Waals surface area (Å²) in [5.41, 5.74) is 5.03. The van der Waals surface area contributed by atoms with E-state index in [2.05, 4.69) is 5.32 Å². The van der Waals surface area contributed by atoms with Crippen LogP contribution in [0.3, 0.4) is 0 Å². The third kappa shape index (κ3) is 5.19. The Morgan fingerprint density at radius 3 is 3.07 bits per heavy atom. The van der Waals surface area contributed by atoms with Gasteiger partial charge in [0.25, 0.3) is 0 Å². The van der Waals surface area contributed by atoms with Gasteiger partial charge in [-0.1, -0.05) is 0 Å². The minimum atomic E-state index is -0.215. The molecule has 1 saturated heterocycles. The van der Waals surface area contributed by atoms with Crippen molar-refractivity contribution < 1.29 is 9.53 Å². The number of hydrogen-bond donors (Lipinski definition) is 2. The molecule has 0 radical (unpaired) electrons. The fraction of sp³-hybridized carbons (Fsp3) is 0.900. The highest BCUT2D eigenvalue weighted by Crippen LogP contribution is 2.11. The number of nitrogens with one attached hydrogen (secondary N) is 1. The highest BCUT2D eigenvalue weighted by atomic mass is 16.5. The van der Waals surface area contributed by atoms with E-state index in [0.29, 0.717) is 12.3 Å². The molecule has 0 aromatic carbocycles. The molecule has 0 aromatic rings. The predicted molar refractivity (Wildman–Crippen MR) is 54.8 cm³/mol. The van der Waals surface area contributed by atoms with Crippen LogP contribution in [0.15, 0.2) is 0 Å². The van der Waals surface area contributed by atoms with Gasteiger partial charge in [-0.05, 0) is 31.7 Å². The number of nitrogens with two attached hydrogens (primary N) is 1. The van der Waals surface area contributed by atoms with E-state index in [1.807, 2.05) is 0 Å². The lowest BCUT2D eigenvalue weighted by molar-refractivity contribution is -0.118. The molecule has 1 unspecified atom stereocenters. The van der Waals surface area contributed by atoms with Gasteiger partial charge in [-0.25, -0.2) is 0 Å². The molecule has 1 aliphatic heterocycles. The zero-order valence-electron chi connectivity index (χ0n) is 8.63. The van der Waals surface area contributed by atoms with Crippen molar-refractivity contribution in [3.05, 3.63) is 0 Å². The molecule has 1 heterocycles. The molecule has 0 bridgehead atoms. The molecule has 1 aliphatic rings. The first-order valence-electron chi connectivity index (χ1n) is 5.36. The van der Waals surface area contributed by atoms with Gasteiger partial charge in [0.2, 0.25) is 5.91 Å². The van der Waals surface area contributed by atoms with Crippen molar-refractivity contribution in [3.63, 3.8) is 0 Å². The number of primary amides is 1. The molecular formula is C10H20N2O2. The smallest absolute Gasteiger partial charge is 0.217 e. The standard InChI is InChI=1S/C10H20N2O2/c11-10(13)4-1-5-12-7-9-3-2-6-14-8-9/h9,12H,1-8H2,(H2,11,13). The van der Waals surface area contributed by atoms with Crippen molar-refractivity contribution in [2.24, 2.45) is 11.7 Å². The summed E-state index contributed by atoms with van der Waals surface area (Å²) in [6.45, 7) is 3.67. The normalized spacial score (nSPS) is 22.1. The fourth-order valence-corrected chi connectivity index (χ4v) is 1.66. The summed E-state index contributed by atoms with van der Waals surface area (Å²) < 4.78 is 5.36. The number of carbonyl (C=O) groups is 1. The van der Waals surface area contributed by atoms with Crippen molar-refractivity contribution in [1.29, 1.82) is 0 Å². The lowest BCUT2D eigenvalue weighted by Crippen LogP contribution is -2.30. The van der Waals surface area contributed by atoms with E-state index in [1.54, 1.807) is 0 Å². The van der Waals surface area contributed by atoms with E-state index < -0.39 is 0 Å². The van der Waals surface area contributed by atoms with Gasteiger partial charge < -0.3 is 15.8 Å². The van der Waals surface area contributed by atoms with Crippen LogP contribution in [-0.2, 0) is 9.53 Å². The predicted octanol–water partition coefficient (Wildman–Crippen LogP) is 0.268. The average molecular weight is 200 g/mol. The van der Waals surface area contributed by atoms with E-state index in [0.717, 1.165) is 32.7 Å². The second kappa shape index (κ2) is 6.79. The fourth-order valence-electron chi connectivity index (χ4n) is 1.66. The molecule has 0 aliphatic carbocycles. The van der Waals surface area contributed by atoms with Gasteiger partial charge in [-0.3, -0.25) is 4.79 Å². The van der Waals surface area contributed by atoms with Crippen molar-refractivity contribution in [1.82, 2.24) is 5.32 Å². The van der Waals surface area contributed by atoms with Crippen LogP contribution in [-0.4, -0.2) is 32.2 Å². The summed E-state index contributed by atoms with van der Waals surface area (Å²) in [5.74, 6) is 0.435. The van der Waals surface area contributed by atoms with Crippen molar-refractivity contribution in [2.75, 3.05) is 26.3 Å². The molecule has 3 N–H and O–H groups in total. The third-order valence-corrected chi connectivity index (χ3v) is 2.46. The summed E-state index contributed by atoms with van der Waals surface area (Å²) in [6, 6.07) is 0. The molecule has 14 heavy (non-hydrogen) atoms. The molecule has 0 spiro atoms. The van der Waals surface area contributed by atoms with Gasteiger partial charge in [0, 0.05) is 19.6 Å².